The number of hydrogen-bond donors (Lipinski definition) is 1. The number of amides is 1. The van der Waals surface area contributed by atoms with Crippen LogP contribution in [0.1, 0.15) is 28.8 Å². The molecule has 3 heterocycles. The molecule has 2 saturated heterocycles. The zero-order valence-electron chi connectivity index (χ0n) is 17.4. The summed E-state index contributed by atoms with van der Waals surface area (Å²) < 4.78 is 4.35. The summed E-state index contributed by atoms with van der Waals surface area (Å²) in [5, 5.41) is 14.3. The number of rotatable bonds is 3. The Kier molecular flexibility index (Phi) is 5.99. The summed E-state index contributed by atoms with van der Waals surface area (Å²) >= 11 is 14.0. The van der Waals surface area contributed by atoms with Crippen LogP contribution in [0.4, 0.5) is 0 Å². The summed E-state index contributed by atoms with van der Waals surface area (Å²) in [5.41, 5.74) is 2.08. The van der Waals surface area contributed by atoms with E-state index in [0.717, 1.165) is 29.8 Å². The topological polar surface area (TPSA) is 56.7 Å². The van der Waals surface area contributed by atoms with Gasteiger partial charge in [-0.3, -0.25) is 9.69 Å². The highest BCUT2D eigenvalue weighted by molar-refractivity contribution is 7.03. The van der Waals surface area contributed by atoms with Crippen LogP contribution in [-0.4, -0.2) is 57.4 Å². The second-order valence-electron chi connectivity index (χ2n) is 8.50. The van der Waals surface area contributed by atoms with Crippen molar-refractivity contribution in [1.29, 1.82) is 0 Å². The Labute approximate surface area is 201 Å². The fourth-order valence-corrected chi connectivity index (χ4v) is 5.75. The van der Waals surface area contributed by atoms with Crippen LogP contribution in [0, 0.1) is 0 Å². The lowest BCUT2D eigenvalue weighted by atomic mass is 9.82. The van der Waals surface area contributed by atoms with Gasteiger partial charge in [0, 0.05) is 48.2 Å². The highest BCUT2D eigenvalue weighted by atomic mass is 35.5. The van der Waals surface area contributed by atoms with Crippen molar-refractivity contribution in [2.24, 2.45) is 0 Å². The van der Waals surface area contributed by atoms with Crippen molar-refractivity contribution in [1.82, 2.24) is 14.2 Å². The molecule has 1 amide bonds. The molecule has 0 radical (unpaired) electrons. The molecule has 8 heteroatoms. The molecular weight excluding hydrogens is 465 g/mol. The fraction of sp³-hybridized carbons (Fsp3) is 0.333. The van der Waals surface area contributed by atoms with Gasteiger partial charge in [-0.1, -0.05) is 47.5 Å². The van der Waals surface area contributed by atoms with E-state index in [2.05, 4.69) is 9.27 Å². The van der Waals surface area contributed by atoms with E-state index in [1.54, 1.807) is 6.07 Å². The molecule has 2 fully saturated rings. The van der Waals surface area contributed by atoms with E-state index in [4.69, 9.17) is 23.2 Å². The zero-order valence-corrected chi connectivity index (χ0v) is 19.7. The van der Waals surface area contributed by atoms with Gasteiger partial charge in [0.15, 0.2) is 0 Å². The van der Waals surface area contributed by atoms with Crippen LogP contribution in [0.5, 0.6) is 0 Å². The van der Waals surface area contributed by atoms with E-state index in [0.29, 0.717) is 41.7 Å². The second kappa shape index (κ2) is 8.76. The third kappa shape index (κ3) is 4.06. The molecule has 166 valence electrons. The lowest BCUT2D eigenvalue weighted by molar-refractivity contribution is -0.0740. The smallest absolute Gasteiger partial charge is 0.255 e. The van der Waals surface area contributed by atoms with Crippen molar-refractivity contribution < 1.29 is 9.90 Å². The Hall–Kier alpha value is -1.96. The number of aliphatic hydroxyl groups is 1. The minimum absolute atomic E-state index is 0.0507. The lowest BCUT2D eigenvalue weighted by Gasteiger charge is -2.49. The number of halogens is 2. The minimum atomic E-state index is -0.890. The van der Waals surface area contributed by atoms with Crippen LogP contribution in [0.25, 0.3) is 11.3 Å². The summed E-state index contributed by atoms with van der Waals surface area (Å²) in [6.07, 6.45) is 1.47. The van der Waals surface area contributed by atoms with Crippen molar-refractivity contribution in [2.75, 3.05) is 26.2 Å². The molecule has 0 unspecified atom stereocenters. The van der Waals surface area contributed by atoms with E-state index >= 15 is 0 Å². The van der Waals surface area contributed by atoms with E-state index in [1.165, 1.54) is 11.5 Å². The number of carbonyl (C=O) groups is 1. The molecule has 0 spiro atoms. The van der Waals surface area contributed by atoms with Gasteiger partial charge in [0.2, 0.25) is 0 Å². The first-order valence-corrected chi connectivity index (χ1v) is 12.2. The van der Waals surface area contributed by atoms with E-state index < -0.39 is 5.60 Å². The van der Waals surface area contributed by atoms with E-state index in [9.17, 15) is 9.90 Å². The van der Waals surface area contributed by atoms with Gasteiger partial charge < -0.3 is 10.0 Å². The summed E-state index contributed by atoms with van der Waals surface area (Å²) in [4.78, 5) is 17.5. The summed E-state index contributed by atoms with van der Waals surface area (Å²) in [6, 6.07) is 15.1. The van der Waals surface area contributed by atoms with Crippen LogP contribution in [-0.2, 0) is 5.60 Å². The molecule has 2 atom stereocenters. The SMILES string of the molecule is O=C(c1cccc(-c2ccsn2)c1Cl)N1CCN2C[C@@](O)(c3ccc(Cl)cc3)CC[C@@H]2C1. The number of aromatic nitrogens is 1. The molecule has 2 aromatic carbocycles. The first-order chi connectivity index (χ1) is 15.4. The predicted molar refractivity (Wildman–Crippen MR) is 128 cm³/mol. The summed E-state index contributed by atoms with van der Waals surface area (Å²) in [5.74, 6) is -0.0507. The summed E-state index contributed by atoms with van der Waals surface area (Å²) in [6.45, 7) is 2.51. The second-order valence-corrected chi connectivity index (χ2v) is 9.98. The molecular formula is C24H23Cl2N3O2S. The van der Waals surface area contributed by atoms with Gasteiger partial charge in [0.05, 0.1) is 16.3 Å². The molecule has 32 heavy (non-hydrogen) atoms. The number of nitrogens with zero attached hydrogens (tertiary/aromatic N) is 3. The number of carbonyl (C=O) groups excluding carboxylic acids is 1. The predicted octanol–water partition coefficient (Wildman–Crippen LogP) is 4.92. The zero-order chi connectivity index (χ0) is 22.3. The number of piperidine rings is 1. The van der Waals surface area contributed by atoms with Crippen molar-refractivity contribution in [2.45, 2.75) is 24.5 Å². The van der Waals surface area contributed by atoms with E-state index in [1.807, 2.05) is 52.7 Å². The molecule has 5 rings (SSSR count). The van der Waals surface area contributed by atoms with Crippen molar-refractivity contribution >= 4 is 40.6 Å². The summed E-state index contributed by atoms with van der Waals surface area (Å²) in [7, 11) is 0. The minimum Gasteiger partial charge on any atom is -0.384 e. The molecule has 1 N–H and O–H groups in total. The van der Waals surface area contributed by atoms with Crippen LogP contribution in [0.2, 0.25) is 10.0 Å². The molecule has 0 aliphatic carbocycles. The average Bonchev–Trinajstić information content (AvgIpc) is 3.33. The number of hydrogen-bond acceptors (Lipinski definition) is 5. The molecule has 5 nitrogen and oxygen atoms in total. The molecule has 2 aliphatic heterocycles. The Bertz CT molecular complexity index is 1120. The van der Waals surface area contributed by atoms with Gasteiger partial charge in [-0.2, -0.15) is 4.37 Å². The Balaban J connectivity index is 1.30. The van der Waals surface area contributed by atoms with Crippen LogP contribution < -0.4 is 0 Å². The molecule has 2 aliphatic rings. The normalized spacial score (nSPS) is 23.7. The van der Waals surface area contributed by atoms with Crippen molar-refractivity contribution in [3.8, 4) is 11.3 Å². The van der Waals surface area contributed by atoms with Gasteiger partial charge in [0.1, 0.15) is 5.60 Å². The Morgan fingerprint density at radius 1 is 1.12 bits per heavy atom. The third-order valence-electron chi connectivity index (χ3n) is 6.57. The number of fused-ring (bicyclic) bond motifs is 1. The first kappa shape index (κ1) is 21.9. The standard InChI is InChI=1S/C24H23Cl2N3O2S/c25-17-6-4-16(5-7-17)24(31)10-8-18-14-28(11-12-29(18)15-24)23(30)20-3-1-2-19(22(20)26)21-9-13-32-27-21/h1-7,9,13,18,31H,8,10-12,14-15H2/t18-,24-/m1/s1. The number of piperazine rings is 1. The van der Waals surface area contributed by atoms with Crippen molar-refractivity contribution in [3.63, 3.8) is 0 Å². The van der Waals surface area contributed by atoms with Gasteiger partial charge in [0.25, 0.3) is 5.91 Å². The lowest BCUT2D eigenvalue weighted by Crippen LogP contribution is -2.60. The monoisotopic (exact) mass is 487 g/mol. The van der Waals surface area contributed by atoms with Crippen LogP contribution >= 0.6 is 34.7 Å². The van der Waals surface area contributed by atoms with Gasteiger partial charge in [-0.05, 0) is 54.2 Å². The fourth-order valence-electron chi connectivity index (χ4n) is 4.79. The Morgan fingerprint density at radius 2 is 1.94 bits per heavy atom. The maximum Gasteiger partial charge on any atom is 0.255 e. The van der Waals surface area contributed by atoms with Gasteiger partial charge in [-0.15, -0.1) is 0 Å². The first-order valence-electron chi connectivity index (χ1n) is 10.7. The van der Waals surface area contributed by atoms with E-state index in [-0.39, 0.29) is 11.9 Å². The van der Waals surface area contributed by atoms with Gasteiger partial charge in [-0.25, -0.2) is 0 Å². The average molecular weight is 488 g/mol. The van der Waals surface area contributed by atoms with Crippen LogP contribution in [0.15, 0.2) is 53.9 Å². The maximum atomic E-state index is 13.3. The third-order valence-corrected chi connectivity index (χ3v) is 7.79. The maximum absolute atomic E-state index is 13.3. The largest absolute Gasteiger partial charge is 0.384 e. The quantitative estimate of drug-likeness (QED) is 0.569. The highest BCUT2D eigenvalue weighted by Crippen LogP contribution is 2.37. The molecule has 1 aromatic heterocycles. The van der Waals surface area contributed by atoms with Gasteiger partial charge >= 0.3 is 0 Å². The molecule has 3 aromatic rings. The Morgan fingerprint density at radius 3 is 2.69 bits per heavy atom. The van der Waals surface area contributed by atoms with Crippen LogP contribution in [0.3, 0.4) is 0 Å². The highest BCUT2D eigenvalue weighted by Gasteiger charge is 2.42. The number of benzene rings is 2. The molecule has 0 bridgehead atoms. The molecule has 0 saturated carbocycles. The van der Waals surface area contributed by atoms with Crippen molar-refractivity contribution in [3.05, 3.63) is 75.1 Å².